The van der Waals surface area contributed by atoms with Gasteiger partial charge >= 0.3 is 0 Å². The lowest BCUT2D eigenvalue weighted by Gasteiger charge is -2.34. The van der Waals surface area contributed by atoms with Gasteiger partial charge in [-0.05, 0) is 38.4 Å². The zero-order chi connectivity index (χ0) is 13.1. The molecule has 0 atom stereocenters. The van der Waals surface area contributed by atoms with Crippen LogP contribution in [0.1, 0.15) is 25.3 Å². The van der Waals surface area contributed by atoms with Gasteiger partial charge in [0, 0.05) is 5.54 Å². The first-order valence-corrected chi connectivity index (χ1v) is 7.91. The summed E-state index contributed by atoms with van der Waals surface area (Å²) in [5, 5.41) is 3.24. The second-order valence-electron chi connectivity index (χ2n) is 5.16. The molecule has 1 heterocycles. The number of piperidine rings is 1. The molecule has 0 aliphatic carbocycles. The molecule has 0 saturated carbocycles. The minimum absolute atomic E-state index is 0.0524. The average Bonchev–Trinajstić information content (AvgIpc) is 2.29. The Morgan fingerprint density at radius 1 is 1.22 bits per heavy atom. The Morgan fingerprint density at radius 3 is 2.44 bits per heavy atom. The van der Waals surface area contributed by atoms with Crippen molar-refractivity contribution < 1.29 is 8.42 Å². The number of hydrogen-bond donors (Lipinski definition) is 2. The van der Waals surface area contributed by atoms with Crippen LogP contribution in [0.15, 0.2) is 30.3 Å². The maximum Gasteiger partial charge on any atom is 0.216 e. The van der Waals surface area contributed by atoms with Crippen LogP contribution in [0.25, 0.3) is 0 Å². The number of benzene rings is 1. The molecule has 18 heavy (non-hydrogen) atoms. The van der Waals surface area contributed by atoms with Gasteiger partial charge in [0.05, 0.1) is 5.75 Å². The molecule has 4 nitrogen and oxygen atoms in total. The lowest BCUT2D eigenvalue weighted by Crippen LogP contribution is -2.52. The lowest BCUT2D eigenvalue weighted by molar-refractivity contribution is 0.308. The Balaban J connectivity index is 2.03. The van der Waals surface area contributed by atoms with E-state index < -0.39 is 10.0 Å². The molecule has 0 radical (unpaired) electrons. The molecule has 0 bridgehead atoms. The zero-order valence-electron chi connectivity index (χ0n) is 10.6. The molecule has 1 aliphatic rings. The summed E-state index contributed by atoms with van der Waals surface area (Å²) in [5.74, 6) is 0.0524. The third kappa shape index (κ3) is 3.80. The van der Waals surface area contributed by atoms with Crippen LogP contribution in [0.4, 0.5) is 0 Å². The van der Waals surface area contributed by atoms with Crippen molar-refractivity contribution in [2.75, 3.05) is 13.1 Å². The smallest absolute Gasteiger partial charge is 0.216 e. The molecule has 1 aromatic carbocycles. The Bertz CT molecular complexity index is 479. The minimum Gasteiger partial charge on any atom is -0.317 e. The van der Waals surface area contributed by atoms with E-state index in [0.717, 1.165) is 31.5 Å². The second kappa shape index (κ2) is 5.38. The molecule has 5 heteroatoms. The van der Waals surface area contributed by atoms with Gasteiger partial charge in [0.15, 0.2) is 0 Å². The van der Waals surface area contributed by atoms with Crippen LogP contribution in [-0.4, -0.2) is 27.0 Å². The van der Waals surface area contributed by atoms with Crippen LogP contribution in [0, 0.1) is 0 Å². The number of nitrogens with one attached hydrogen (secondary N) is 2. The maximum absolute atomic E-state index is 12.1. The summed E-state index contributed by atoms with van der Waals surface area (Å²) in [7, 11) is -3.27. The van der Waals surface area contributed by atoms with Crippen molar-refractivity contribution in [1.29, 1.82) is 0 Å². The summed E-state index contributed by atoms with van der Waals surface area (Å²) in [6.45, 7) is 3.71. The summed E-state index contributed by atoms with van der Waals surface area (Å²) in [5.41, 5.74) is 0.515. The highest BCUT2D eigenvalue weighted by atomic mass is 32.2. The van der Waals surface area contributed by atoms with E-state index in [4.69, 9.17) is 0 Å². The van der Waals surface area contributed by atoms with Crippen LogP contribution in [0.3, 0.4) is 0 Å². The lowest BCUT2D eigenvalue weighted by atomic mass is 9.92. The molecule has 1 aromatic rings. The normalized spacial score (nSPS) is 19.6. The van der Waals surface area contributed by atoms with E-state index in [9.17, 15) is 8.42 Å². The van der Waals surface area contributed by atoms with Gasteiger partial charge in [-0.25, -0.2) is 13.1 Å². The van der Waals surface area contributed by atoms with Gasteiger partial charge in [-0.15, -0.1) is 0 Å². The standard InChI is InChI=1S/C13H20N2O2S/c1-13(7-9-14-10-8-13)15-18(16,17)11-12-5-3-2-4-6-12/h2-6,14-15H,7-11H2,1H3. The second-order valence-corrected chi connectivity index (χ2v) is 6.88. The Labute approximate surface area is 109 Å². The van der Waals surface area contributed by atoms with Gasteiger partial charge < -0.3 is 5.32 Å². The van der Waals surface area contributed by atoms with Crippen molar-refractivity contribution in [2.45, 2.75) is 31.1 Å². The highest BCUT2D eigenvalue weighted by molar-refractivity contribution is 7.88. The predicted molar refractivity (Wildman–Crippen MR) is 72.7 cm³/mol. The molecule has 2 rings (SSSR count). The monoisotopic (exact) mass is 268 g/mol. The fourth-order valence-corrected chi connectivity index (χ4v) is 3.94. The van der Waals surface area contributed by atoms with Gasteiger partial charge in [-0.2, -0.15) is 0 Å². The quantitative estimate of drug-likeness (QED) is 0.864. The van der Waals surface area contributed by atoms with Gasteiger partial charge in [0.1, 0.15) is 0 Å². The van der Waals surface area contributed by atoms with Crippen molar-refractivity contribution in [3.63, 3.8) is 0 Å². The van der Waals surface area contributed by atoms with Crippen molar-refractivity contribution in [1.82, 2.24) is 10.0 Å². The topological polar surface area (TPSA) is 58.2 Å². The molecule has 1 aliphatic heterocycles. The van der Waals surface area contributed by atoms with E-state index in [1.165, 1.54) is 0 Å². The summed E-state index contributed by atoms with van der Waals surface area (Å²) in [6.07, 6.45) is 1.67. The van der Waals surface area contributed by atoms with Crippen LogP contribution in [-0.2, 0) is 15.8 Å². The fourth-order valence-electron chi connectivity index (χ4n) is 2.29. The minimum atomic E-state index is -3.27. The first kappa shape index (κ1) is 13.5. The highest BCUT2D eigenvalue weighted by Gasteiger charge is 2.31. The molecular formula is C13H20N2O2S. The Kier molecular flexibility index (Phi) is 4.04. The largest absolute Gasteiger partial charge is 0.317 e. The van der Waals surface area contributed by atoms with E-state index in [2.05, 4.69) is 10.0 Å². The van der Waals surface area contributed by atoms with Gasteiger partial charge in [0.2, 0.25) is 10.0 Å². The molecule has 100 valence electrons. The third-order valence-electron chi connectivity index (χ3n) is 3.31. The van der Waals surface area contributed by atoms with E-state index in [-0.39, 0.29) is 11.3 Å². The number of rotatable bonds is 4. The molecule has 2 N–H and O–H groups in total. The summed E-state index contributed by atoms with van der Waals surface area (Å²) < 4.78 is 27.1. The van der Waals surface area contributed by atoms with E-state index >= 15 is 0 Å². The Morgan fingerprint density at radius 2 is 1.83 bits per heavy atom. The predicted octanol–water partition coefficient (Wildman–Crippen LogP) is 1.25. The van der Waals surface area contributed by atoms with Crippen molar-refractivity contribution >= 4 is 10.0 Å². The third-order valence-corrected chi connectivity index (χ3v) is 4.83. The average molecular weight is 268 g/mol. The summed E-state index contributed by atoms with van der Waals surface area (Å²) >= 11 is 0. The van der Waals surface area contributed by atoms with Crippen LogP contribution >= 0.6 is 0 Å². The molecular weight excluding hydrogens is 248 g/mol. The zero-order valence-corrected chi connectivity index (χ0v) is 11.5. The summed E-state index contributed by atoms with van der Waals surface area (Å²) in [6, 6.07) is 9.28. The highest BCUT2D eigenvalue weighted by Crippen LogP contribution is 2.19. The maximum atomic E-state index is 12.1. The molecule has 1 saturated heterocycles. The number of hydrogen-bond acceptors (Lipinski definition) is 3. The van der Waals surface area contributed by atoms with Crippen LogP contribution in [0.5, 0.6) is 0 Å². The van der Waals surface area contributed by atoms with Gasteiger partial charge in [0.25, 0.3) is 0 Å². The Hall–Kier alpha value is -0.910. The van der Waals surface area contributed by atoms with Crippen LogP contribution < -0.4 is 10.0 Å². The van der Waals surface area contributed by atoms with E-state index in [1.54, 1.807) is 0 Å². The SMILES string of the molecule is CC1(NS(=O)(=O)Cc2ccccc2)CCNCC1. The van der Waals surface area contributed by atoms with Crippen molar-refractivity contribution in [3.8, 4) is 0 Å². The van der Waals surface area contributed by atoms with Crippen LogP contribution in [0.2, 0.25) is 0 Å². The number of sulfonamides is 1. The van der Waals surface area contributed by atoms with Gasteiger partial charge in [-0.3, -0.25) is 0 Å². The van der Waals surface area contributed by atoms with Crippen molar-refractivity contribution in [3.05, 3.63) is 35.9 Å². The molecule has 0 spiro atoms. The first-order chi connectivity index (χ1) is 8.49. The molecule has 1 fully saturated rings. The van der Waals surface area contributed by atoms with E-state index in [0.29, 0.717) is 0 Å². The summed E-state index contributed by atoms with van der Waals surface area (Å²) in [4.78, 5) is 0. The molecule has 0 unspecified atom stereocenters. The van der Waals surface area contributed by atoms with Crippen molar-refractivity contribution in [2.24, 2.45) is 0 Å². The molecule has 0 aromatic heterocycles. The first-order valence-electron chi connectivity index (χ1n) is 6.25. The fraction of sp³-hybridized carbons (Fsp3) is 0.538. The molecule has 0 amide bonds. The van der Waals surface area contributed by atoms with Gasteiger partial charge in [-0.1, -0.05) is 30.3 Å². The van der Waals surface area contributed by atoms with E-state index in [1.807, 2.05) is 37.3 Å².